The highest BCUT2D eigenvalue weighted by molar-refractivity contribution is 6.31. The molecule has 1 N–H and O–H groups in total. The van der Waals surface area contributed by atoms with Crippen molar-refractivity contribution < 1.29 is 9.18 Å². The van der Waals surface area contributed by atoms with E-state index in [2.05, 4.69) is 5.32 Å². The summed E-state index contributed by atoms with van der Waals surface area (Å²) in [5.74, 6) is -0.567. The Morgan fingerprint density at radius 1 is 1.41 bits per heavy atom. The molecule has 0 spiro atoms. The summed E-state index contributed by atoms with van der Waals surface area (Å²) in [5.41, 5.74) is 0.282. The molecule has 1 aliphatic rings. The molecule has 0 aliphatic heterocycles. The number of carbonyl (C=O) groups is 1. The Bertz CT molecular complexity index is 396. The molecule has 4 heteroatoms. The number of benzene rings is 1. The lowest BCUT2D eigenvalue weighted by molar-refractivity contribution is -0.121. The van der Waals surface area contributed by atoms with Crippen LogP contribution in [0.5, 0.6) is 0 Å². The number of halogens is 2. The molecule has 92 valence electrons. The fourth-order valence-electron chi connectivity index (χ4n) is 2.21. The lowest BCUT2D eigenvalue weighted by atomic mass is 10.1. The van der Waals surface area contributed by atoms with Crippen molar-refractivity contribution in [2.24, 2.45) is 0 Å². The maximum atomic E-state index is 13.5. The SMILES string of the molecule is O=C(Cc1c(F)cccc1Cl)NC1CCCC1. The normalized spacial score (nSPS) is 16.1. The van der Waals surface area contributed by atoms with Crippen molar-refractivity contribution in [3.63, 3.8) is 0 Å². The summed E-state index contributed by atoms with van der Waals surface area (Å²) in [6.45, 7) is 0. The lowest BCUT2D eigenvalue weighted by Crippen LogP contribution is -2.33. The molecule has 0 aromatic heterocycles. The van der Waals surface area contributed by atoms with Crippen LogP contribution in [-0.4, -0.2) is 11.9 Å². The van der Waals surface area contributed by atoms with Gasteiger partial charge < -0.3 is 5.32 Å². The van der Waals surface area contributed by atoms with Crippen LogP contribution in [0.4, 0.5) is 4.39 Å². The van der Waals surface area contributed by atoms with Crippen LogP contribution in [0.15, 0.2) is 18.2 Å². The van der Waals surface area contributed by atoms with Gasteiger partial charge in [0.05, 0.1) is 6.42 Å². The van der Waals surface area contributed by atoms with Crippen molar-refractivity contribution in [2.75, 3.05) is 0 Å². The second kappa shape index (κ2) is 5.50. The van der Waals surface area contributed by atoms with Crippen LogP contribution in [0.1, 0.15) is 31.2 Å². The zero-order valence-electron chi connectivity index (χ0n) is 9.51. The Balaban J connectivity index is 1.97. The van der Waals surface area contributed by atoms with Gasteiger partial charge in [-0.3, -0.25) is 4.79 Å². The van der Waals surface area contributed by atoms with Gasteiger partial charge in [-0.1, -0.05) is 30.5 Å². The van der Waals surface area contributed by atoms with Gasteiger partial charge in [0, 0.05) is 16.6 Å². The van der Waals surface area contributed by atoms with Gasteiger partial charge in [0.1, 0.15) is 5.82 Å². The third kappa shape index (κ3) is 3.19. The van der Waals surface area contributed by atoms with Crippen molar-refractivity contribution in [1.82, 2.24) is 5.32 Å². The summed E-state index contributed by atoms with van der Waals surface area (Å²) in [4.78, 5) is 11.7. The number of amides is 1. The van der Waals surface area contributed by atoms with Crippen molar-refractivity contribution in [2.45, 2.75) is 38.1 Å². The first kappa shape index (κ1) is 12.4. The molecule has 1 fully saturated rings. The van der Waals surface area contributed by atoms with Gasteiger partial charge in [-0.2, -0.15) is 0 Å². The van der Waals surface area contributed by atoms with E-state index in [4.69, 9.17) is 11.6 Å². The third-order valence-electron chi connectivity index (χ3n) is 3.12. The van der Waals surface area contributed by atoms with E-state index >= 15 is 0 Å². The molecule has 1 aromatic carbocycles. The lowest BCUT2D eigenvalue weighted by Gasteiger charge is -2.12. The first-order valence-corrected chi connectivity index (χ1v) is 6.27. The number of nitrogens with one attached hydrogen (secondary N) is 1. The van der Waals surface area contributed by atoms with E-state index in [1.165, 1.54) is 12.1 Å². The smallest absolute Gasteiger partial charge is 0.224 e. The fourth-order valence-corrected chi connectivity index (χ4v) is 2.44. The Morgan fingerprint density at radius 3 is 2.76 bits per heavy atom. The predicted molar refractivity (Wildman–Crippen MR) is 65.5 cm³/mol. The molecule has 1 aromatic rings. The predicted octanol–water partition coefficient (Wildman–Crippen LogP) is 3.08. The first-order chi connectivity index (χ1) is 8.16. The van der Waals surface area contributed by atoms with Crippen LogP contribution in [-0.2, 0) is 11.2 Å². The molecule has 0 atom stereocenters. The van der Waals surface area contributed by atoms with Crippen LogP contribution < -0.4 is 5.32 Å². The highest BCUT2D eigenvalue weighted by atomic mass is 35.5. The zero-order valence-corrected chi connectivity index (χ0v) is 10.3. The Hall–Kier alpha value is -1.09. The molecule has 0 radical (unpaired) electrons. The van der Waals surface area contributed by atoms with Gasteiger partial charge >= 0.3 is 0 Å². The van der Waals surface area contributed by atoms with Gasteiger partial charge in [-0.25, -0.2) is 4.39 Å². The average Bonchev–Trinajstić information content (AvgIpc) is 2.76. The molecule has 17 heavy (non-hydrogen) atoms. The summed E-state index contributed by atoms with van der Waals surface area (Å²) < 4.78 is 13.5. The fraction of sp³-hybridized carbons (Fsp3) is 0.462. The maximum Gasteiger partial charge on any atom is 0.224 e. The van der Waals surface area contributed by atoms with E-state index in [-0.39, 0.29) is 23.9 Å². The van der Waals surface area contributed by atoms with Gasteiger partial charge in [0.25, 0.3) is 0 Å². The monoisotopic (exact) mass is 255 g/mol. The topological polar surface area (TPSA) is 29.1 Å². The zero-order chi connectivity index (χ0) is 12.3. The van der Waals surface area contributed by atoms with E-state index in [0.29, 0.717) is 5.02 Å². The highest BCUT2D eigenvalue weighted by Gasteiger charge is 2.18. The molecule has 1 saturated carbocycles. The molecule has 0 saturated heterocycles. The summed E-state index contributed by atoms with van der Waals surface area (Å²) in [6, 6.07) is 4.72. The van der Waals surface area contributed by atoms with Crippen LogP contribution in [0.25, 0.3) is 0 Å². The molecule has 0 unspecified atom stereocenters. The summed E-state index contributed by atoms with van der Waals surface area (Å²) in [5, 5.41) is 3.23. The van der Waals surface area contributed by atoms with Gasteiger partial charge in [-0.05, 0) is 25.0 Å². The van der Waals surface area contributed by atoms with E-state index in [0.717, 1.165) is 25.7 Å². The second-order valence-corrected chi connectivity index (χ2v) is 4.83. The highest BCUT2D eigenvalue weighted by Crippen LogP contribution is 2.21. The number of rotatable bonds is 3. The summed E-state index contributed by atoms with van der Waals surface area (Å²) in [6.07, 6.45) is 4.38. The number of hydrogen-bond donors (Lipinski definition) is 1. The molecule has 2 nitrogen and oxygen atoms in total. The Kier molecular flexibility index (Phi) is 4.00. The van der Waals surface area contributed by atoms with E-state index in [1.807, 2.05) is 0 Å². The van der Waals surface area contributed by atoms with Gasteiger partial charge in [-0.15, -0.1) is 0 Å². The largest absolute Gasteiger partial charge is 0.353 e. The molecular weight excluding hydrogens is 241 g/mol. The molecule has 0 bridgehead atoms. The summed E-state index contributed by atoms with van der Waals surface area (Å²) >= 11 is 5.87. The van der Waals surface area contributed by atoms with Crippen LogP contribution in [0.3, 0.4) is 0 Å². The number of carbonyl (C=O) groups excluding carboxylic acids is 1. The molecular formula is C13H15ClFNO. The van der Waals surface area contributed by atoms with E-state index < -0.39 is 5.82 Å². The van der Waals surface area contributed by atoms with E-state index in [1.54, 1.807) is 6.07 Å². The van der Waals surface area contributed by atoms with Gasteiger partial charge in [0.15, 0.2) is 0 Å². The molecule has 2 rings (SSSR count). The van der Waals surface area contributed by atoms with Crippen molar-refractivity contribution in [3.05, 3.63) is 34.6 Å². The van der Waals surface area contributed by atoms with Crippen LogP contribution >= 0.6 is 11.6 Å². The van der Waals surface area contributed by atoms with Crippen LogP contribution in [0.2, 0.25) is 5.02 Å². The Labute approximate surface area is 105 Å². The minimum Gasteiger partial charge on any atom is -0.353 e. The number of hydrogen-bond acceptors (Lipinski definition) is 1. The first-order valence-electron chi connectivity index (χ1n) is 5.89. The quantitative estimate of drug-likeness (QED) is 0.884. The minimum atomic E-state index is -0.418. The standard InChI is InChI=1S/C13H15ClFNO/c14-11-6-3-7-12(15)10(11)8-13(17)16-9-4-1-2-5-9/h3,6-7,9H,1-2,4-5,8H2,(H,16,17). The minimum absolute atomic E-state index is 0.0159. The average molecular weight is 256 g/mol. The second-order valence-electron chi connectivity index (χ2n) is 4.43. The third-order valence-corrected chi connectivity index (χ3v) is 3.47. The van der Waals surface area contributed by atoms with Crippen molar-refractivity contribution >= 4 is 17.5 Å². The maximum absolute atomic E-state index is 13.5. The Morgan fingerprint density at radius 2 is 2.12 bits per heavy atom. The molecule has 1 aliphatic carbocycles. The van der Waals surface area contributed by atoms with Crippen LogP contribution in [0, 0.1) is 5.82 Å². The summed E-state index contributed by atoms with van der Waals surface area (Å²) in [7, 11) is 0. The van der Waals surface area contributed by atoms with Gasteiger partial charge in [0.2, 0.25) is 5.91 Å². The van der Waals surface area contributed by atoms with Crippen molar-refractivity contribution in [3.8, 4) is 0 Å². The van der Waals surface area contributed by atoms with Crippen molar-refractivity contribution in [1.29, 1.82) is 0 Å². The molecule has 0 heterocycles. The molecule has 1 amide bonds. The van der Waals surface area contributed by atoms with E-state index in [9.17, 15) is 9.18 Å².